The summed E-state index contributed by atoms with van der Waals surface area (Å²) in [5.74, 6) is -0.162. The van der Waals surface area contributed by atoms with E-state index >= 15 is 0 Å². The average Bonchev–Trinajstić information content (AvgIpc) is 2.96. The zero-order valence-corrected chi connectivity index (χ0v) is 13.7. The Morgan fingerprint density at radius 2 is 2.10 bits per heavy atom. The molecule has 0 aliphatic rings. The second-order valence-corrected chi connectivity index (χ2v) is 6.59. The van der Waals surface area contributed by atoms with Crippen molar-refractivity contribution in [2.45, 2.75) is 32.4 Å². The molecule has 0 saturated heterocycles. The predicted molar refractivity (Wildman–Crippen MR) is 88.2 cm³/mol. The van der Waals surface area contributed by atoms with Gasteiger partial charge in [0, 0.05) is 23.5 Å². The van der Waals surface area contributed by atoms with Crippen molar-refractivity contribution < 1.29 is 4.39 Å². The van der Waals surface area contributed by atoms with Crippen LogP contribution in [-0.2, 0) is 6.42 Å². The predicted octanol–water partition coefficient (Wildman–Crippen LogP) is 3.76. The average molecular weight is 306 g/mol. The number of hydrogen-bond acceptors (Lipinski definition) is 3. The fourth-order valence-corrected chi connectivity index (χ4v) is 3.35. The number of thiophene rings is 1. The maximum absolute atomic E-state index is 13.8. The fourth-order valence-electron chi connectivity index (χ4n) is 2.52. The Balaban J connectivity index is 2.13. The van der Waals surface area contributed by atoms with E-state index in [9.17, 15) is 4.39 Å². The van der Waals surface area contributed by atoms with Gasteiger partial charge in [-0.3, -0.25) is 4.90 Å². The zero-order valence-electron chi connectivity index (χ0n) is 12.8. The van der Waals surface area contributed by atoms with Gasteiger partial charge in [0.15, 0.2) is 0 Å². The van der Waals surface area contributed by atoms with Crippen molar-refractivity contribution in [1.29, 1.82) is 0 Å². The number of aryl methyl sites for hydroxylation is 1. The van der Waals surface area contributed by atoms with Crippen LogP contribution in [-0.4, -0.2) is 24.5 Å². The molecule has 2 aromatic rings. The van der Waals surface area contributed by atoms with Crippen molar-refractivity contribution in [3.05, 3.63) is 57.5 Å². The number of hydrogen-bond donors (Lipinski definition) is 1. The van der Waals surface area contributed by atoms with Crippen LogP contribution in [0.15, 0.2) is 35.7 Å². The van der Waals surface area contributed by atoms with Crippen LogP contribution in [0.5, 0.6) is 0 Å². The molecule has 4 heteroatoms. The molecule has 2 rings (SSSR count). The van der Waals surface area contributed by atoms with Crippen molar-refractivity contribution in [3.8, 4) is 0 Å². The standard InChI is InChI=1S/C17H23FN2S/c1-12-6-7-14(10-16(12)18)17(11-19)20(3)13(2)9-15-5-4-8-21-15/h4-8,10,13,17H,9,11,19H2,1-3H3. The van der Waals surface area contributed by atoms with Gasteiger partial charge >= 0.3 is 0 Å². The molecule has 2 N–H and O–H groups in total. The summed E-state index contributed by atoms with van der Waals surface area (Å²) in [4.78, 5) is 3.60. The highest BCUT2D eigenvalue weighted by molar-refractivity contribution is 7.09. The van der Waals surface area contributed by atoms with Gasteiger partial charge in [-0.1, -0.05) is 18.2 Å². The molecule has 1 aromatic carbocycles. The molecule has 0 bridgehead atoms. The highest BCUT2D eigenvalue weighted by atomic mass is 32.1. The lowest BCUT2D eigenvalue weighted by Gasteiger charge is -2.32. The first-order valence-electron chi connectivity index (χ1n) is 7.23. The van der Waals surface area contributed by atoms with Crippen molar-refractivity contribution in [3.63, 3.8) is 0 Å². The van der Waals surface area contributed by atoms with E-state index in [1.165, 1.54) is 4.88 Å². The van der Waals surface area contributed by atoms with E-state index in [-0.39, 0.29) is 11.9 Å². The number of benzene rings is 1. The van der Waals surface area contributed by atoms with E-state index in [0.717, 1.165) is 12.0 Å². The zero-order chi connectivity index (χ0) is 15.4. The van der Waals surface area contributed by atoms with E-state index < -0.39 is 0 Å². The molecule has 2 nitrogen and oxygen atoms in total. The Morgan fingerprint density at radius 3 is 2.67 bits per heavy atom. The molecular weight excluding hydrogens is 283 g/mol. The molecule has 0 aliphatic carbocycles. The van der Waals surface area contributed by atoms with Gasteiger partial charge in [-0.25, -0.2) is 4.39 Å². The molecule has 114 valence electrons. The Hall–Kier alpha value is -1.23. The SMILES string of the molecule is Cc1ccc(C(CN)N(C)C(C)Cc2cccs2)cc1F. The first kappa shape index (κ1) is 16.1. The van der Waals surface area contributed by atoms with Crippen molar-refractivity contribution >= 4 is 11.3 Å². The third kappa shape index (κ3) is 3.90. The van der Waals surface area contributed by atoms with Crippen LogP contribution in [0.25, 0.3) is 0 Å². The third-order valence-electron chi connectivity index (χ3n) is 4.07. The number of nitrogens with two attached hydrogens (primary N) is 1. The van der Waals surface area contributed by atoms with E-state index in [1.54, 1.807) is 24.3 Å². The molecule has 0 saturated carbocycles. The molecule has 2 atom stereocenters. The molecule has 1 heterocycles. The summed E-state index contributed by atoms with van der Waals surface area (Å²) in [6, 6.07) is 10.0. The lowest BCUT2D eigenvalue weighted by atomic mass is 10.0. The second-order valence-electron chi connectivity index (χ2n) is 5.56. The van der Waals surface area contributed by atoms with Gasteiger partial charge in [0.05, 0.1) is 0 Å². The van der Waals surface area contributed by atoms with Crippen LogP contribution in [0.1, 0.15) is 29.0 Å². The molecule has 0 fully saturated rings. The minimum atomic E-state index is -0.162. The van der Waals surface area contributed by atoms with E-state index in [4.69, 9.17) is 5.73 Å². The van der Waals surface area contributed by atoms with Crippen LogP contribution in [0, 0.1) is 12.7 Å². The molecule has 21 heavy (non-hydrogen) atoms. The Kier molecular flexibility index (Phi) is 5.51. The van der Waals surface area contributed by atoms with E-state index in [1.807, 2.05) is 12.1 Å². The first-order chi connectivity index (χ1) is 10.0. The van der Waals surface area contributed by atoms with Crippen LogP contribution in [0.4, 0.5) is 4.39 Å². The summed E-state index contributed by atoms with van der Waals surface area (Å²) in [7, 11) is 2.06. The lowest BCUT2D eigenvalue weighted by Crippen LogP contribution is -2.38. The minimum Gasteiger partial charge on any atom is -0.329 e. The maximum atomic E-state index is 13.8. The third-order valence-corrected chi connectivity index (χ3v) is 4.97. The van der Waals surface area contributed by atoms with Gasteiger partial charge in [-0.2, -0.15) is 0 Å². The monoisotopic (exact) mass is 306 g/mol. The highest BCUT2D eigenvalue weighted by Crippen LogP contribution is 2.24. The largest absolute Gasteiger partial charge is 0.329 e. The Morgan fingerprint density at radius 1 is 1.33 bits per heavy atom. The molecule has 1 aromatic heterocycles. The summed E-state index contributed by atoms with van der Waals surface area (Å²) in [6.45, 7) is 4.44. The van der Waals surface area contributed by atoms with Crippen LogP contribution < -0.4 is 5.73 Å². The maximum Gasteiger partial charge on any atom is 0.126 e. The van der Waals surface area contributed by atoms with Gasteiger partial charge in [-0.15, -0.1) is 11.3 Å². The lowest BCUT2D eigenvalue weighted by molar-refractivity contribution is 0.188. The summed E-state index contributed by atoms with van der Waals surface area (Å²) in [6.07, 6.45) is 0.985. The van der Waals surface area contributed by atoms with Crippen LogP contribution in [0.3, 0.4) is 0 Å². The van der Waals surface area contributed by atoms with Crippen LogP contribution in [0.2, 0.25) is 0 Å². The van der Waals surface area contributed by atoms with Crippen molar-refractivity contribution in [2.24, 2.45) is 5.73 Å². The van der Waals surface area contributed by atoms with Crippen molar-refractivity contribution in [1.82, 2.24) is 4.90 Å². The molecule has 2 unspecified atom stereocenters. The first-order valence-corrected chi connectivity index (χ1v) is 8.11. The number of halogens is 1. The summed E-state index contributed by atoms with van der Waals surface area (Å²) in [5, 5.41) is 2.10. The topological polar surface area (TPSA) is 29.3 Å². The summed E-state index contributed by atoms with van der Waals surface area (Å²) >= 11 is 1.77. The van der Waals surface area contributed by atoms with Crippen molar-refractivity contribution in [2.75, 3.05) is 13.6 Å². The fraction of sp³-hybridized carbons (Fsp3) is 0.412. The Labute approximate surface area is 130 Å². The second kappa shape index (κ2) is 7.16. The number of nitrogens with zero attached hydrogens (tertiary/aromatic N) is 1. The summed E-state index contributed by atoms with van der Waals surface area (Å²) in [5.41, 5.74) is 7.56. The molecule has 0 aliphatic heterocycles. The van der Waals surface area contributed by atoms with E-state index in [0.29, 0.717) is 18.2 Å². The van der Waals surface area contributed by atoms with Gasteiger partial charge < -0.3 is 5.73 Å². The van der Waals surface area contributed by atoms with Gasteiger partial charge in [0.25, 0.3) is 0 Å². The quantitative estimate of drug-likeness (QED) is 0.880. The van der Waals surface area contributed by atoms with Gasteiger partial charge in [0.1, 0.15) is 5.82 Å². The molecule has 0 amide bonds. The molecule has 0 spiro atoms. The number of likely N-dealkylation sites (N-methyl/N-ethyl adjacent to an activating group) is 1. The van der Waals surface area contributed by atoms with E-state index in [2.05, 4.69) is 36.4 Å². The van der Waals surface area contributed by atoms with Crippen LogP contribution >= 0.6 is 11.3 Å². The molecular formula is C17H23FN2S. The summed E-state index contributed by atoms with van der Waals surface area (Å²) < 4.78 is 13.8. The molecule has 0 radical (unpaired) electrons. The number of rotatable bonds is 6. The smallest absolute Gasteiger partial charge is 0.126 e. The van der Waals surface area contributed by atoms with Gasteiger partial charge in [0.2, 0.25) is 0 Å². The Bertz CT molecular complexity index is 568. The van der Waals surface area contributed by atoms with Gasteiger partial charge in [-0.05, 0) is 56.0 Å². The minimum absolute atomic E-state index is 0.0371. The normalized spacial score (nSPS) is 14.4. The highest BCUT2D eigenvalue weighted by Gasteiger charge is 2.21.